The number of furan rings is 1. The minimum absolute atomic E-state index is 0. The molecule has 2 heterocycles. The highest BCUT2D eigenvalue weighted by Gasteiger charge is 2.32. The van der Waals surface area contributed by atoms with Gasteiger partial charge in [0.05, 0.1) is 19.4 Å². The van der Waals surface area contributed by atoms with Gasteiger partial charge in [-0.1, -0.05) is 0 Å². The Morgan fingerprint density at radius 2 is 2.00 bits per heavy atom. The monoisotopic (exact) mass is 532 g/mol. The number of likely N-dealkylation sites (tertiary alicyclic amines) is 1. The zero-order valence-corrected chi connectivity index (χ0v) is 19.3. The van der Waals surface area contributed by atoms with Gasteiger partial charge in [0.1, 0.15) is 11.4 Å². The molecule has 2 rings (SSSR count). The Bertz CT molecular complexity index is 601. The Kier molecular flexibility index (Phi) is 10.8. The summed E-state index contributed by atoms with van der Waals surface area (Å²) < 4.78 is 42.6. The van der Waals surface area contributed by atoms with Crippen molar-refractivity contribution in [3.63, 3.8) is 0 Å². The summed E-state index contributed by atoms with van der Waals surface area (Å²) in [4.78, 5) is 5.91. The fourth-order valence-corrected chi connectivity index (χ4v) is 3.32. The van der Waals surface area contributed by atoms with Crippen molar-refractivity contribution in [2.24, 2.45) is 10.9 Å². The molecule has 3 N–H and O–H groups in total. The Labute approximate surface area is 187 Å². The number of aliphatic hydroxyl groups is 1. The minimum atomic E-state index is -4.12. The van der Waals surface area contributed by atoms with Gasteiger partial charge < -0.3 is 20.2 Å². The first kappa shape index (κ1) is 26.0. The van der Waals surface area contributed by atoms with Gasteiger partial charge in [0.15, 0.2) is 5.96 Å². The van der Waals surface area contributed by atoms with Crippen LogP contribution in [0.5, 0.6) is 0 Å². The molecule has 1 unspecified atom stereocenters. The zero-order valence-electron chi connectivity index (χ0n) is 17.0. The Hall–Kier alpha value is -1.01. The molecule has 0 aromatic carbocycles. The lowest BCUT2D eigenvalue weighted by Crippen LogP contribution is -2.42. The molecule has 0 bridgehead atoms. The first-order chi connectivity index (χ1) is 13.2. The standard InChI is InChI=1S/C19H31F3N4O2.HI/c1-3-23-17(25-13-18(2,27)16-5-4-12-28-16)24-9-6-15-7-10-26(11-8-15)14-19(20,21)22;/h4-5,12,15,27H,3,6-11,13-14H2,1-2H3,(H2,23,24,25);1H. The van der Waals surface area contributed by atoms with E-state index < -0.39 is 18.3 Å². The van der Waals surface area contributed by atoms with Crippen molar-refractivity contribution >= 4 is 29.9 Å². The van der Waals surface area contributed by atoms with E-state index in [-0.39, 0.29) is 30.5 Å². The topological polar surface area (TPSA) is 73.0 Å². The van der Waals surface area contributed by atoms with Crippen LogP contribution in [0, 0.1) is 5.92 Å². The number of halogens is 4. The highest BCUT2D eigenvalue weighted by Crippen LogP contribution is 2.24. The van der Waals surface area contributed by atoms with Gasteiger partial charge in [0.25, 0.3) is 0 Å². The molecule has 1 atom stereocenters. The molecule has 29 heavy (non-hydrogen) atoms. The highest BCUT2D eigenvalue weighted by molar-refractivity contribution is 14.0. The van der Waals surface area contributed by atoms with E-state index in [9.17, 15) is 18.3 Å². The number of hydrogen-bond donors (Lipinski definition) is 3. The van der Waals surface area contributed by atoms with E-state index in [0.717, 1.165) is 19.3 Å². The smallest absolute Gasteiger partial charge is 0.401 e. The van der Waals surface area contributed by atoms with Crippen LogP contribution in [0.3, 0.4) is 0 Å². The van der Waals surface area contributed by atoms with E-state index in [1.54, 1.807) is 19.1 Å². The van der Waals surface area contributed by atoms with Gasteiger partial charge in [0.2, 0.25) is 0 Å². The van der Waals surface area contributed by atoms with E-state index in [0.29, 0.717) is 43.8 Å². The molecule has 1 fully saturated rings. The van der Waals surface area contributed by atoms with Crippen molar-refractivity contribution in [1.29, 1.82) is 0 Å². The highest BCUT2D eigenvalue weighted by atomic mass is 127. The summed E-state index contributed by atoms with van der Waals surface area (Å²) in [7, 11) is 0. The Balaban J connectivity index is 0.00000420. The normalized spacial score (nSPS) is 18.8. The number of nitrogens with one attached hydrogen (secondary N) is 2. The first-order valence-electron chi connectivity index (χ1n) is 9.77. The molecule has 0 amide bonds. The molecule has 0 radical (unpaired) electrons. The lowest BCUT2D eigenvalue weighted by atomic mass is 9.93. The number of hydrogen-bond acceptors (Lipinski definition) is 4. The van der Waals surface area contributed by atoms with Crippen LogP contribution in [0.4, 0.5) is 13.2 Å². The van der Waals surface area contributed by atoms with Crippen molar-refractivity contribution < 1.29 is 22.7 Å². The van der Waals surface area contributed by atoms with Crippen molar-refractivity contribution in [2.45, 2.75) is 44.9 Å². The third kappa shape index (κ3) is 9.56. The number of nitrogens with zero attached hydrogens (tertiary/aromatic N) is 2. The van der Waals surface area contributed by atoms with Gasteiger partial charge in [-0.15, -0.1) is 24.0 Å². The van der Waals surface area contributed by atoms with Gasteiger partial charge in [-0.05, 0) is 64.3 Å². The number of aliphatic imine (C=N–C) groups is 1. The van der Waals surface area contributed by atoms with E-state index in [2.05, 4.69) is 15.6 Å². The number of rotatable bonds is 8. The van der Waals surface area contributed by atoms with Crippen LogP contribution in [-0.4, -0.2) is 61.4 Å². The quantitative estimate of drug-likeness (QED) is 0.272. The predicted octanol–water partition coefficient (Wildman–Crippen LogP) is 3.32. The van der Waals surface area contributed by atoms with Crippen LogP contribution in [0.1, 0.15) is 38.9 Å². The van der Waals surface area contributed by atoms with E-state index in [4.69, 9.17) is 4.42 Å². The number of piperidine rings is 1. The van der Waals surface area contributed by atoms with Crippen LogP contribution in [0.15, 0.2) is 27.8 Å². The molecule has 1 saturated heterocycles. The maximum absolute atomic E-state index is 12.5. The summed E-state index contributed by atoms with van der Waals surface area (Å²) in [5.41, 5.74) is -1.20. The summed E-state index contributed by atoms with van der Waals surface area (Å²) in [5.74, 6) is 1.47. The lowest BCUT2D eigenvalue weighted by molar-refractivity contribution is -0.148. The zero-order chi connectivity index (χ0) is 20.6. The van der Waals surface area contributed by atoms with E-state index in [1.165, 1.54) is 11.2 Å². The van der Waals surface area contributed by atoms with E-state index >= 15 is 0 Å². The fraction of sp³-hybridized carbons (Fsp3) is 0.737. The first-order valence-corrected chi connectivity index (χ1v) is 9.77. The maximum Gasteiger partial charge on any atom is 0.401 e. The number of alkyl halides is 3. The Morgan fingerprint density at radius 3 is 2.55 bits per heavy atom. The molecule has 1 aromatic rings. The van der Waals surface area contributed by atoms with Crippen molar-refractivity contribution in [2.75, 3.05) is 39.3 Å². The average molecular weight is 532 g/mol. The second-order valence-corrected chi connectivity index (χ2v) is 7.50. The molecule has 0 spiro atoms. The summed E-state index contributed by atoms with van der Waals surface area (Å²) in [6, 6.07) is 3.43. The number of guanidine groups is 1. The lowest BCUT2D eigenvalue weighted by Gasteiger charge is -2.32. The molecule has 1 aliphatic heterocycles. The van der Waals surface area contributed by atoms with Gasteiger partial charge in [-0.3, -0.25) is 4.90 Å². The van der Waals surface area contributed by atoms with Gasteiger partial charge in [-0.2, -0.15) is 13.2 Å². The summed E-state index contributed by atoms with van der Waals surface area (Å²) in [6.45, 7) is 5.28. The maximum atomic E-state index is 12.5. The molecule has 0 saturated carbocycles. The average Bonchev–Trinajstić information content (AvgIpc) is 3.15. The van der Waals surface area contributed by atoms with Crippen molar-refractivity contribution in [3.8, 4) is 0 Å². The fourth-order valence-electron chi connectivity index (χ4n) is 3.32. The summed E-state index contributed by atoms with van der Waals surface area (Å²) >= 11 is 0. The molecular weight excluding hydrogens is 500 g/mol. The second kappa shape index (κ2) is 12.0. The predicted molar refractivity (Wildman–Crippen MR) is 118 cm³/mol. The van der Waals surface area contributed by atoms with Crippen molar-refractivity contribution in [1.82, 2.24) is 15.5 Å². The van der Waals surface area contributed by atoms with Crippen molar-refractivity contribution in [3.05, 3.63) is 24.2 Å². The van der Waals surface area contributed by atoms with Crippen LogP contribution >= 0.6 is 24.0 Å². The van der Waals surface area contributed by atoms with Crippen LogP contribution in [0.25, 0.3) is 0 Å². The van der Waals surface area contributed by atoms with Gasteiger partial charge in [0, 0.05) is 13.1 Å². The summed E-state index contributed by atoms with van der Waals surface area (Å²) in [5, 5.41) is 16.9. The SMILES string of the molecule is CCNC(=NCC(C)(O)c1ccco1)NCCC1CCN(CC(F)(F)F)CC1.I. The molecular formula is C19H32F3IN4O2. The van der Waals surface area contributed by atoms with Gasteiger partial charge >= 0.3 is 6.18 Å². The largest absolute Gasteiger partial charge is 0.466 e. The minimum Gasteiger partial charge on any atom is -0.466 e. The molecule has 0 aliphatic carbocycles. The van der Waals surface area contributed by atoms with Gasteiger partial charge in [-0.25, -0.2) is 4.99 Å². The third-order valence-corrected chi connectivity index (χ3v) is 4.90. The van der Waals surface area contributed by atoms with E-state index in [1.807, 2.05) is 6.92 Å². The molecule has 168 valence electrons. The summed E-state index contributed by atoms with van der Waals surface area (Å²) in [6.07, 6.45) is -0.185. The third-order valence-electron chi connectivity index (χ3n) is 4.90. The molecule has 10 heteroatoms. The van der Waals surface area contributed by atoms with Crippen LogP contribution < -0.4 is 10.6 Å². The molecule has 1 aliphatic rings. The molecule has 1 aromatic heterocycles. The second-order valence-electron chi connectivity index (χ2n) is 7.50. The van der Waals surface area contributed by atoms with Crippen LogP contribution in [0.2, 0.25) is 0 Å². The molecule has 6 nitrogen and oxygen atoms in total. The van der Waals surface area contributed by atoms with Crippen LogP contribution in [-0.2, 0) is 5.60 Å². The Morgan fingerprint density at radius 1 is 1.31 bits per heavy atom.